The maximum atomic E-state index is 11.4. The Balaban J connectivity index is 2.73. The van der Waals surface area contributed by atoms with Gasteiger partial charge in [0, 0.05) is 6.54 Å². The topological polar surface area (TPSA) is 61.5 Å². The fourth-order valence-corrected chi connectivity index (χ4v) is 1.51. The van der Waals surface area contributed by atoms with Crippen LogP contribution >= 0.6 is 0 Å². The molecule has 88 valence electrons. The molecule has 4 heteroatoms. The Kier molecular flexibility index (Phi) is 4.79. The predicted molar refractivity (Wildman–Crippen MR) is 61.3 cm³/mol. The Morgan fingerprint density at radius 3 is 2.75 bits per heavy atom. The lowest BCUT2D eigenvalue weighted by Crippen LogP contribution is -2.26. The SMILES string of the molecule is COC(=O)C(CN)Cc1cccc(OC)c1. The zero-order chi connectivity index (χ0) is 12.0. The first-order chi connectivity index (χ1) is 7.71. The first-order valence-electron chi connectivity index (χ1n) is 5.12. The third kappa shape index (κ3) is 3.24. The molecule has 0 aromatic heterocycles. The Labute approximate surface area is 95.3 Å². The van der Waals surface area contributed by atoms with Crippen LogP contribution in [0.15, 0.2) is 24.3 Å². The van der Waals surface area contributed by atoms with Crippen molar-refractivity contribution in [3.63, 3.8) is 0 Å². The van der Waals surface area contributed by atoms with Crippen LogP contribution in [0, 0.1) is 5.92 Å². The highest BCUT2D eigenvalue weighted by Gasteiger charge is 2.17. The van der Waals surface area contributed by atoms with E-state index in [-0.39, 0.29) is 18.4 Å². The van der Waals surface area contributed by atoms with E-state index in [0.29, 0.717) is 6.42 Å². The monoisotopic (exact) mass is 223 g/mol. The Morgan fingerprint density at radius 1 is 1.44 bits per heavy atom. The number of nitrogens with two attached hydrogens (primary N) is 1. The molecule has 4 nitrogen and oxygen atoms in total. The molecule has 0 saturated carbocycles. The van der Waals surface area contributed by atoms with E-state index in [0.717, 1.165) is 11.3 Å². The van der Waals surface area contributed by atoms with Crippen LogP contribution in [0.5, 0.6) is 5.75 Å². The highest BCUT2D eigenvalue weighted by molar-refractivity contribution is 5.72. The second-order valence-corrected chi connectivity index (χ2v) is 3.51. The summed E-state index contributed by atoms with van der Waals surface area (Å²) in [6.07, 6.45) is 0.570. The molecular formula is C12H17NO3. The Bertz CT molecular complexity index is 352. The minimum Gasteiger partial charge on any atom is -0.497 e. The summed E-state index contributed by atoms with van der Waals surface area (Å²) in [7, 11) is 2.98. The summed E-state index contributed by atoms with van der Waals surface area (Å²) in [4.78, 5) is 11.4. The summed E-state index contributed by atoms with van der Waals surface area (Å²) >= 11 is 0. The molecule has 0 bridgehead atoms. The zero-order valence-corrected chi connectivity index (χ0v) is 9.60. The van der Waals surface area contributed by atoms with Crippen LogP contribution in [0.2, 0.25) is 0 Å². The molecule has 0 saturated heterocycles. The van der Waals surface area contributed by atoms with Crippen LogP contribution in [-0.4, -0.2) is 26.7 Å². The molecule has 1 aromatic carbocycles. The standard InChI is InChI=1S/C12H17NO3/c1-15-11-5-3-4-9(7-11)6-10(8-13)12(14)16-2/h3-5,7,10H,6,8,13H2,1-2H3. The maximum Gasteiger partial charge on any atom is 0.310 e. The molecule has 0 heterocycles. The fourth-order valence-electron chi connectivity index (χ4n) is 1.51. The maximum absolute atomic E-state index is 11.4. The molecule has 1 rings (SSSR count). The summed E-state index contributed by atoms with van der Waals surface area (Å²) in [5.41, 5.74) is 6.55. The van der Waals surface area contributed by atoms with Crippen LogP contribution < -0.4 is 10.5 Å². The van der Waals surface area contributed by atoms with E-state index in [4.69, 9.17) is 10.5 Å². The first-order valence-corrected chi connectivity index (χ1v) is 5.12. The molecule has 0 fully saturated rings. The molecule has 0 aliphatic rings. The van der Waals surface area contributed by atoms with E-state index >= 15 is 0 Å². The van der Waals surface area contributed by atoms with Crippen molar-refractivity contribution in [3.05, 3.63) is 29.8 Å². The quantitative estimate of drug-likeness (QED) is 0.756. The van der Waals surface area contributed by atoms with Gasteiger partial charge in [-0.3, -0.25) is 4.79 Å². The van der Waals surface area contributed by atoms with Gasteiger partial charge in [-0.05, 0) is 24.1 Å². The number of methoxy groups -OCH3 is 2. The molecule has 16 heavy (non-hydrogen) atoms. The van der Waals surface area contributed by atoms with E-state index in [9.17, 15) is 4.79 Å². The van der Waals surface area contributed by atoms with Crippen molar-refractivity contribution in [2.45, 2.75) is 6.42 Å². The smallest absolute Gasteiger partial charge is 0.310 e. The highest BCUT2D eigenvalue weighted by atomic mass is 16.5. The lowest BCUT2D eigenvalue weighted by atomic mass is 9.99. The summed E-state index contributed by atoms with van der Waals surface area (Å²) in [5.74, 6) is 0.209. The second-order valence-electron chi connectivity index (χ2n) is 3.51. The van der Waals surface area contributed by atoms with Gasteiger partial charge in [0.1, 0.15) is 5.75 Å². The van der Waals surface area contributed by atoms with Gasteiger partial charge in [-0.2, -0.15) is 0 Å². The average molecular weight is 223 g/mol. The van der Waals surface area contributed by atoms with Gasteiger partial charge < -0.3 is 15.2 Å². The Hall–Kier alpha value is -1.55. The zero-order valence-electron chi connectivity index (χ0n) is 9.60. The van der Waals surface area contributed by atoms with Crippen LogP contribution in [-0.2, 0) is 16.0 Å². The van der Waals surface area contributed by atoms with Gasteiger partial charge in [0.2, 0.25) is 0 Å². The van der Waals surface area contributed by atoms with Crippen molar-refractivity contribution in [1.82, 2.24) is 0 Å². The lowest BCUT2D eigenvalue weighted by Gasteiger charge is -2.12. The van der Waals surface area contributed by atoms with Crippen LogP contribution in [0.3, 0.4) is 0 Å². The average Bonchev–Trinajstić information content (AvgIpc) is 2.35. The number of ether oxygens (including phenoxy) is 2. The number of esters is 1. The molecule has 0 amide bonds. The Morgan fingerprint density at radius 2 is 2.19 bits per heavy atom. The van der Waals surface area contributed by atoms with Crippen LogP contribution in [0.25, 0.3) is 0 Å². The van der Waals surface area contributed by atoms with Crippen LogP contribution in [0.4, 0.5) is 0 Å². The minimum atomic E-state index is -0.294. The van der Waals surface area contributed by atoms with Crippen molar-refractivity contribution in [2.24, 2.45) is 11.7 Å². The van der Waals surface area contributed by atoms with Gasteiger partial charge in [-0.1, -0.05) is 12.1 Å². The molecule has 2 N–H and O–H groups in total. The normalized spacial score (nSPS) is 11.9. The molecule has 0 aliphatic carbocycles. The van der Waals surface area contributed by atoms with Crippen molar-refractivity contribution in [3.8, 4) is 5.75 Å². The molecule has 1 unspecified atom stereocenters. The number of benzene rings is 1. The van der Waals surface area contributed by atoms with Crippen LogP contribution in [0.1, 0.15) is 5.56 Å². The summed E-state index contributed by atoms with van der Waals surface area (Å²) < 4.78 is 9.79. The van der Waals surface area contributed by atoms with E-state index in [1.165, 1.54) is 7.11 Å². The molecule has 1 atom stereocenters. The molecular weight excluding hydrogens is 206 g/mol. The van der Waals surface area contributed by atoms with E-state index < -0.39 is 0 Å². The van der Waals surface area contributed by atoms with E-state index in [2.05, 4.69) is 4.74 Å². The predicted octanol–water partition coefficient (Wildman–Crippen LogP) is 0.986. The molecule has 0 radical (unpaired) electrons. The number of hydrogen-bond donors (Lipinski definition) is 1. The van der Waals surface area contributed by atoms with E-state index in [1.54, 1.807) is 7.11 Å². The number of carbonyl (C=O) groups excluding carboxylic acids is 1. The minimum absolute atomic E-state index is 0.273. The van der Waals surface area contributed by atoms with Crippen molar-refractivity contribution >= 4 is 5.97 Å². The number of rotatable bonds is 5. The summed E-state index contributed by atoms with van der Waals surface area (Å²) in [6, 6.07) is 7.58. The number of hydrogen-bond acceptors (Lipinski definition) is 4. The largest absolute Gasteiger partial charge is 0.497 e. The second kappa shape index (κ2) is 6.12. The molecule has 1 aromatic rings. The van der Waals surface area contributed by atoms with Gasteiger partial charge >= 0.3 is 5.97 Å². The van der Waals surface area contributed by atoms with Gasteiger partial charge in [-0.15, -0.1) is 0 Å². The fraction of sp³-hybridized carbons (Fsp3) is 0.417. The van der Waals surface area contributed by atoms with Gasteiger partial charge in [-0.25, -0.2) is 0 Å². The molecule has 0 aliphatic heterocycles. The van der Waals surface area contributed by atoms with Crippen molar-refractivity contribution in [1.29, 1.82) is 0 Å². The van der Waals surface area contributed by atoms with E-state index in [1.807, 2.05) is 24.3 Å². The van der Waals surface area contributed by atoms with Gasteiger partial charge in [0.05, 0.1) is 20.1 Å². The first kappa shape index (κ1) is 12.5. The third-order valence-corrected chi connectivity index (χ3v) is 2.44. The number of carbonyl (C=O) groups is 1. The summed E-state index contributed by atoms with van der Waals surface area (Å²) in [5, 5.41) is 0. The molecule has 0 spiro atoms. The van der Waals surface area contributed by atoms with Gasteiger partial charge in [0.25, 0.3) is 0 Å². The highest BCUT2D eigenvalue weighted by Crippen LogP contribution is 2.16. The van der Waals surface area contributed by atoms with Crippen molar-refractivity contribution in [2.75, 3.05) is 20.8 Å². The lowest BCUT2D eigenvalue weighted by molar-refractivity contribution is -0.145. The third-order valence-electron chi connectivity index (χ3n) is 2.44. The summed E-state index contributed by atoms with van der Waals surface area (Å²) in [6.45, 7) is 0.282. The van der Waals surface area contributed by atoms with Gasteiger partial charge in [0.15, 0.2) is 0 Å². The van der Waals surface area contributed by atoms with Crippen molar-refractivity contribution < 1.29 is 14.3 Å².